The van der Waals surface area contributed by atoms with E-state index in [0.29, 0.717) is 34.5 Å². The number of hydrogen-bond donors (Lipinski definition) is 2. The minimum atomic E-state index is -0.624. The quantitative estimate of drug-likeness (QED) is 0.492. The van der Waals surface area contributed by atoms with E-state index in [1.54, 1.807) is 6.07 Å². The molecule has 0 spiro atoms. The number of aliphatic hydroxyl groups excluding tert-OH is 1. The monoisotopic (exact) mass is 449 g/mol. The number of pyridine rings is 1. The third-order valence-electron chi connectivity index (χ3n) is 5.92. The second-order valence-electron chi connectivity index (χ2n) is 7.99. The van der Waals surface area contributed by atoms with Crippen molar-refractivity contribution in [2.24, 2.45) is 0 Å². The molecule has 0 amide bonds. The summed E-state index contributed by atoms with van der Waals surface area (Å²) in [6.07, 6.45) is -1.64. The topological polar surface area (TPSA) is 89.5 Å². The highest BCUT2D eigenvalue weighted by Gasteiger charge is 2.48. The van der Waals surface area contributed by atoms with Gasteiger partial charge in [0.05, 0.1) is 29.4 Å². The Morgan fingerprint density at radius 3 is 2.44 bits per heavy atom. The average molecular weight is 450 g/mol. The molecule has 0 radical (unpaired) electrons. The van der Waals surface area contributed by atoms with E-state index in [4.69, 9.17) is 25.8 Å². The van der Waals surface area contributed by atoms with E-state index in [1.807, 2.05) is 30.3 Å². The predicted molar refractivity (Wildman–Crippen MR) is 120 cm³/mol. The summed E-state index contributed by atoms with van der Waals surface area (Å²) in [5.74, 6) is 0. The van der Waals surface area contributed by atoms with Crippen molar-refractivity contribution in [2.75, 3.05) is 13.2 Å². The molecule has 2 N–H and O–H groups in total. The number of benzene rings is 2. The van der Waals surface area contributed by atoms with Gasteiger partial charge in [-0.2, -0.15) is 4.98 Å². The van der Waals surface area contributed by atoms with Crippen molar-refractivity contribution in [3.8, 4) is 28.4 Å². The summed E-state index contributed by atoms with van der Waals surface area (Å²) < 4.78 is 17.2. The summed E-state index contributed by atoms with van der Waals surface area (Å²) in [7, 11) is 0. The van der Waals surface area contributed by atoms with Gasteiger partial charge < -0.3 is 24.3 Å². The van der Waals surface area contributed by atoms with E-state index < -0.39 is 6.10 Å². The van der Waals surface area contributed by atoms with Crippen LogP contribution in [0.5, 0.6) is 6.01 Å². The van der Waals surface area contributed by atoms with Crippen LogP contribution in [0.4, 0.5) is 0 Å². The molecule has 0 unspecified atom stereocenters. The Morgan fingerprint density at radius 2 is 1.62 bits per heavy atom. The molecule has 32 heavy (non-hydrogen) atoms. The van der Waals surface area contributed by atoms with E-state index in [9.17, 15) is 5.11 Å². The van der Waals surface area contributed by atoms with Crippen molar-refractivity contribution in [3.63, 3.8) is 0 Å². The van der Waals surface area contributed by atoms with Gasteiger partial charge in [-0.15, -0.1) is 0 Å². The fourth-order valence-corrected chi connectivity index (χ4v) is 4.55. The molecular weight excluding hydrogens is 430 g/mol. The highest BCUT2D eigenvalue weighted by atomic mass is 35.5. The number of H-pyrrole nitrogens is 1. The molecule has 7 nitrogen and oxygen atoms in total. The number of halogens is 1. The van der Waals surface area contributed by atoms with Gasteiger partial charge in [0.15, 0.2) is 11.8 Å². The standard InChI is InChI=1S/C24H20ClN3O4/c25-16-10-17-23(28-24(26-17)32-19-12-31-21-18(29)11-30-22(19)21)27-20(16)15-8-6-14(7-9-15)13-4-2-1-3-5-13/h1-10,18-19,21-22,29H,11-12H2,(H,26,27,28)/t18-,19-,21+,22+/m0/s1. The van der Waals surface area contributed by atoms with Crippen LogP contribution >= 0.6 is 11.6 Å². The molecule has 0 aliphatic carbocycles. The fraction of sp³-hybridized carbons (Fsp3) is 0.250. The molecule has 2 aliphatic heterocycles. The zero-order valence-corrected chi connectivity index (χ0v) is 17.7. The maximum atomic E-state index is 9.90. The molecule has 4 aromatic rings. The van der Waals surface area contributed by atoms with Crippen LogP contribution in [0.1, 0.15) is 0 Å². The predicted octanol–water partition coefficient (Wildman–Crippen LogP) is 3.85. The van der Waals surface area contributed by atoms with Gasteiger partial charge in [0.2, 0.25) is 0 Å². The lowest BCUT2D eigenvalue weighted by atomic mass is 10.0. The molecule has 2 fully saturated rings. The van der Waals surface area contributed by atoms with Gasteiger partial charge >= 0.3 is 0 Å². The molecule has 162 valence electrons. The number of aromatic amines is 1. The molecule has 4 heterocycles. The van der Waals surface area contributed by atoms with E-state index in [-0.39, 0.29) is 24.9 Å². The fourth-order valence-electron chi connectivity index (χ4n) is 4.29. The summed E-state index contributed by atoms with van der Waals surface area (Å²) >= 11 is 6.54. The first kappa shape index (κ1) is 19.7. The van der Waals surface area contributed by atoms with Crippen molar-refractivity contribution >= 4 is 22.8 Å². The Morgan fingerprint density at radius 1 is 0.906 bits per heavy atom. The van der Waals surface area contributed by atoms with Gasteiger partial charge in [-0.1, -0.05) is 66.2 Å². The Hall–Kier alpha value is -2.97. The minimum absolute atomic E-state index is 0.249. The molecule has 0 bridgehead atoms. The second-order valence-corrected chi connectivity index (χ2v) is 8.40. The van der Waals surface area contributed by atoms with Crippen LogP contribution in [0.25, 0.3) is 33.5 Å². The number of aliphatic hydroxyl groups is 1. The summed E-state index contributed by atoms with van der Waals surface area (Å²) in [6, 6.07) is 20.4. The molecule has 6 rings (SSSR count). The molecule has 2 saturated heterocycles. The van der Waals surface area contributed by atoms with Crippen LogP contribution in [0.3, 0.4) is 0 Å². The Balaban J connectivity index is 1.26. The number of nitrogens with one attached hydrogen (secondary N) is 1. The lowest BCUT2D eigenvalue weighted by Crippen LogP contribution is -2.34. The van der Waals surface area contributed by atoms with Gasteiger partial charge in [-0.3, -0.25) is 0 Å². The van der Waals surface area contributed by atoms with Crippen molar-refractivity contribution in [3.05, 3.63) is 65.7 Å². The maximum absolute atomic E-state index is 9.90. The lowest BCUT2D eigenvalue weighted by molar-refractivity contribution is 0.00706. The molecule has 2 aromatic carbocycles. The third kappa shape index (κ3) is 3.43. The van der Waals surface area contributed by atoms with Gasteiger partial charge in [0.1, 0.15) is 18.3 Å². The summed E-state index contributed by atoms with van der Waals surface area (Å²) in [5, 5.41) is 10.4. The maximum Gasteiger partial charge on any atom is 0.296 e. The highest BCUT2D eigenvalue weighted by molar-refractivity contribution is 6.33. The van der Waals surface area contributed by atoms with Crippen LogP contribution in [-0.4, -0.2) is 57.7 Å². The minimum Gasteiger partial charge on any atom is -0.456 e. The number of rotatable bonds is 4. The van der Waals surface area contributed by atoms with Crippen LogP contribution in [-0.2, 0) is 9.47 Å². The van der Waals surface area contributed by atoms with E-state index in [0.717, 1.165) is 16.7 Å². The first-order valence-corrected chi connectivity index (χ1v) is 10.8. The third-order valence-corrected chi connectivity index (χ3v) is 6.20. The normalized spacial score (nSPS) is 24.7. The van der Waals surface area contributed by atoms with Crippen molar-refractivity contribution in [1.82, 2.24) is 15.0 Å². The number of aromatic nitrogens is 3. The van der Waals surface area contributed by atoms with Crippen LogP contribution in [0.2, 0.25) is 5.02 Å². The van der Waals surface area contributed by atoms with Gasteiger partial charge in [-0.25, -0.2) is 4.98 Å². The summed E-state index contributed by atoms with van der Waals surface area (Å²) in [5.41, 5.74) is 5.02. The molecule has 0 saturated carbocycles. The molecule has 4 atom stereocenters. The smallest absolute Gasteiger partial charge is 0.296 e. The van der Waals surface area contributed by atoms with Crippen LogP contribution in [0, 0.1) is 0 Å². The number of ether oxygens (including phenoxy) is 3. The Kier molecular flexibility index (Phi) is 4.84. The second kappa shape index (κ2) is 7.86. The number of fused-ring (bicyclic) bond motifs is 2. The SMILES string of the molecule is O[C@H]1CO[C@H]2[C@@H]1OC[C@@H]2Oc1nc2nc(-c3ccc(-c4ccccc4)cc3)c(Cl)cc2[nH]1. The number of hydrogen-bond acceptors (Lipinski definition) is 6. The van der Waals surface area contributed by atoms with Gasteiger partial charge in [-0.05, 0) is 17.2 Å². The zero-order valence-electron chi connectivity index (χ0n) is 16.9. The Labute approximate surface area is 188 Å². The van der Waals surface area contributed by atoms with Crippen molar-refractivity contribution in [2.45, 2.75) is 24.4 Å². The molecular formula is C24H20ClN3O4. The first-order chi connectivity index (χ1) is 15.7. The number of imidazole rings is 1. The number of nitrogens with zero attached hydrogens (tertiary/aromatic N) is 2. The molecule has 2 aromatic heterocycles. The average Bonchev–Trinajstić information content (AvgIpc) is 3.51. The van der Waals surface area contributed by atoms with Crippen LogP contribution < -0.4 is 4.74 Å². The van der Waals surface area contributed by atoms with Gasteiger partial charge in [0, 0.05) is 5.56 Å². The largest absolute Gasteiger partial charge is 0.456 e. The molecule has 8 heteroatoms. The zero-order chi connectivity index (χ0) is 21.7. The van der Waals surface area contributed by atoms with E-state index >= 15 is 0 Å². The highest BCUT2D eigenvalue weighted by Crippen LogP contribution is 2.33. The van der Waals surface area contributed by atoms with E-state index in [2.05, 4.69) is 39.2 Å². The van der Waals surface area contributed by atoms with Crippen LogP contribution in [0.15, 0.2) is 60.7 Å². The summed E-state index contributed by atoms with van der Waals surface area (Å²) in [4.78, 5) is 12.3. The van der Waals surface area contributed by atoms with Crippen molar-refractivity contribution < 1.29 is 19.3 Å². The van der Waals surface area contributed by atoms with Gasteiger partial charge in [0.25, 0.3) is 6.01 Å². The van der Waals surface area contributed by atoms with E-state index in [1.165, 1.54) is 0 Å². The first-order valence-electron chi connectivity index (χ1n) is 10.5. The summed E-state index contributed by atoms with van der Waals surface area (Å²) in [6.45, 7) is 0.579. The Bertz CT molecular complexity index is 1260. The lowest BCUT2D eigenvalue weighted by Gasteiger charge is -2.15. The van der Waals surface area contributed by atoms with Crippen molar-refractivity contribution in [1.29, 1.82) is 0 Å². The molecule has 2 aliphatic rings.